The van der Waals surface area contributed by atoms with Crippen molar-refractivity contribution in [3.8, 4) is 5.69 Å². The van der Waals surface area contributed by atoms with Crippen molar-refractivity contribution >= 4 is 0 Å². The van der Waals surface area contributed by atoms with E-state index in [1.165, 1.54) is 24.8 Å². The van der Waals surface area contributed by atoms with Crippen molar-refractivity contribution in [2.24, 2.45) is 5.92 Å². The number of hydrogen-bond donors (Lipinski definition) is 1. The normalized spacial score (nSPS) is 16.7. The molecule has 18 heavy (non-hydrogen) atoms. The number of nitrogens with one attached hydrogen (secondary N) is 1. The summed E-state index contributed by atoms with van der Waals surface area (Å²) in [4.78, 5) is 0. The highest BCUT2D eigenvalue weighted by Gasteiger charge is 2.26. The van der Waals surface area contributed by atoms with Gasteiger partial charge in [0.05, 0.1) is 11.9 Å². The molecule has 0 saturated heterocycles. The SMILES string of the molecule is CNC(CC1CC1)c1cnn(-c2ccccc2)c1. The standard InChI is InChI=1S/C15H19N3/c1-16-15(9-12-7-8-12)13-10-17-18(11-13)14-5-3-2-4-6-14/h2-6,10-12,15-16H,7-9H2,1H3. The van der Waals surface area contributed by atoms with E-state index in [1.807, 2.05) is 36.1 Å². The summed E-state index contributed by atoms with van der Waals surface area (Å²) in [6.45, 7) is 0. The first-order valence-electron chi connectivity index (χ1n) is 6.64. The lowest BCUT2D eigenvalue weighted by Gasteiger charge is -2.13. The Bertz CT molecular complexity index is 499. The fraction of sp³-hybridized carbons (Fsp3) is 0.400. The summed E-state index contributed by atoms with van der Waals surface area (Å²) in [5.74, 6) is 0.919. The molecule has 1 aromatic heterocycles. The van der Waals surface area contributed by atoms with Crippen molar-refractivity contribution in [2.45, 2.75) is 25.3 Å². The number of aromatic nitrogens is 2. The van der Waals surface area contributed by atoms with E-state index in [9.17, 15) is 0 Å². The van der Waals surface area contributed by atoms with Gasteiger partial charge in [0.1, 0.15) is 0 Å². The molecule has 0 amide bonds. The Morgan fingerprint density at radius 2 is 2.11 bits per heavy atom. The van der Waals surface area contributed by atoms with Crippen LogP contribution in [0.2, 0.25) is 0 Å². The van der Waals surface area contributed by atoms with Crippen LogP contribution in [0.25, 0.3) is 5.69 Å². The van der Waals surface area contributed by atoms with Crippen molar-refractivity contribution in [1.82, 2.24) is 15.1 Å². The number of hydrogen-bond acceptors (Lipinski definition) is 2. The zero-order chi connectivity index (χ0) is 12.4. The molecule has 3 heteroatoms. The number of nitrogens with zero attached hydrogens (tertiary/aromatic N) is 2. The maximum atomic E-state index is 4.46. The average Bonchev–Trinajstić information content (AvgIpc) is 3.11. The Balaban J connectivity index is 1.79. The van der Waals surface area contributed by atoms with E-state index in [1.54, 1.807) is 0 Å². The van der Waals surface area contributed by atoms with Gasteiger partial charge in [-0.15, -0.1) is 0 Å². The topological polar surface area (TPSA) is 29.9 Å². The molecule has 1 aliphatic carbocycles. The summed E-state index contributed by atoms with van der Waals surface area (Å²) in [5.41, 5.74) is 2.40. The van der Waals surface area contributed by atoms with E-state index in [0.717, 1.165) is 11.6 Å². The van der Waals surface area contributed by atoms with Crippen LogP contribution in [0.1, 0.15) is 30.9 Å². The van der Waals surface area contributed by atoms with Crippen LogP contribution in [-0.4, -0.2) is 16.8 Å². The minimum absolute atomic E-state index is 0.440. The van der Waals surface area contributed by atoms with Crippen LogP contribution >= 0.6 is 0 Å². The fourth-order valence-electron chi connectivity index (χ4n) is 2.35. The van der Waals surface area contributed by atoms with Gasteiger partial charge in [-0.25, -0.2) is 4.68 Å². The summed E-state index contributed by atoms with van der Waals surface area (Å²) in [7, 11) is 2.03. The van der Waals surface area contributed by atoms with Gasteiger partial charge in [0, 0.05) is 17.8 Å². The fourth-order valence-corrected chi connectivity index (χ4v) is 2.35. The summed E-state index contributed by atoms with van der Waals surface area (Å²) < 4.78 is 1.95. The van der Waals surface area contributed by atoms with Crippen molar-refractivity contribution in [3.63, 3.8) is 0 Å². The Hall–Kier alpha value is -1.61. The molecule has 1 fully saturated rings. The van der Waals surface area contributed by atoms with Crippen LogP contribution in [0.5, 0.6) is 0 Å². The molecule has 1 aliphatic rings. The van der Waals surface area contributed by atoms with Crippen molar-refractivity contribution in [2.75, 3.05) is 7.05 Å². The van der Waals surface area contributed by atoms with Gasteiger partial charge < -0.3 is 5.32 Å². The van der Waals surface area contributed by atoms with E-state index in [2.05, 4.69) is 28.7 Å². The van der Waals surface area contributed by atoms with Crippen LogP contribution in [0.15, 0.2) is 42.7 Å². The van der Waals surface area contributed by atoms with Gasteiger partial charge in [0.15, 0.2) is 0 Å². The summed E-state index contributed by atoms with van der Waals surface area (Å²) in [5, 5.41) is 7.86. The molecule has 2 aromatic rings. The Kier molecular flexibility index (Phi) is 3.15. The zero-order valence-corrected chi connectivity index (χ0v) is 10.7. The molecule has 0 bridgehead atoms. The molecular weight excluding hydrogens is 222 g/mol. The molecule has 1 atom stereocenters. The molecular formula is C15H19N3. The van der Waals surface area contributed by atoms with E-state index in [0.29, 0.717) is 6.04 Å². The molecule has 94 valence electrons. The highest BCUT2D eigenvalue weighted by Crippen LogP contribution is 2.37. The monoisotopic (exact) mass is 241 g/mol. The van der Waals surface area contributed by atoms with Crippen molar-refractivity contribution < 1.29 is 0 Å². The first-order valence-corrected chi connectivity index (χ1v) is 6.64. The molecule has 1 N–H and O–H groups in total. The first kappa shape index (κ1) is 11.5. The molecule has 0 radical (unpaired) electrons. The quantitative estimate of drug-likeness (QED) is 0.872. The minimum atomic E-state index is 0.440. The van der Waals surface area contributed by atoms with E-state index in [-0.39, 0.29) is 0 Å². The third-order valence-corrected chi connectivity index (χ3v) is 3.64. The van der Waals surface area contributed by atoms with Crippen LogP contribution in [0, 0.1) is 5.92 Å². The lowest BCUT2D eigenvalue weighted by atomic mass is 10.1. The maximum Gasteiger partial charge on any atom is 0.0645 e. The number of benzene rings is 1. The zero-order valence-electron chi connectivity index (χ0n) is 10.7. The predicted octanol–water partition coefficient (Wildman–Crippen LogP) is 2.93. The first-order chi connectivity index (χ1) is 8.86. The Morgan fingerprint density at radius 3 is 2.78 bits per heavy atom. The van der Waals surface area contributed by atoms with Crippen LogP contribution in [-0.2, 0) is 0 Å². The molecule has 1 aromatic carbocycles. The largest absolute Gasteiger partial charge is 0.313 e. The Morgan fingerprint density at radius 1 is 1.33 bits per heavy atom. The van der Waals surface area contributed by atoms with E-state index >= 15 is 0 Å². The third-order valence-electron chi connectivity index (χ3n) is 3.64. The van der Waals surface area contributed by atoms with Gasteiger partial charge in [-0.2, -0.15) is 5.10 Å². The summed E-state index contributed by atoms with van der Waals surface area (Å²) >= 11 is 0. The van der Waals surface area contributed by atoms with Gasteiger partial charge in [-0.05, 0) is 31.5 Å². The average molecular weight is 241 g/mol. The lowest BCUT2D eigenvalue weighted by molar-refractivity contribution is 0.514. The third kappa shape index (κ3) is 2.46. The maximum absolute atomic E-state index is 4.46. The second kappa shape index (κ2) is 4.94. The van der Waals surface area contributed by atoms with Crippen LogP contribution < -0.4 is 5.32 Å². The molecule has 0 spiro atoms. The molecule has 3 nitrogen and oxygen atoms in total. The minimum Gasteiger partial charge on any atom is -0.313 e. The molecule has 1 heterocycles. The van der Waals surface area contributed by atoms with Crippen molar-refractivity contribution in [3.05, 3.63) is 48.3 Å². The second-order valence-electron chi connectivity index (χ2n) is 5.07. The highest BCUT2D eigenvalue weighted by atomic mass is 15.3. The second-order valence-corrected chi connectivity index (χ2v) is 5.07. The van der Waals surface area contributed by atoms with Gasteiger partial charge in [0.2, 0.25) is 0 Å². The summed E-state index contributed by atoms with van der Waals surface area (Å²) in [6.07, 6.45) is 8.14. The van der Waals surface area contributed by atoms with Gasteiger partial charge in [-0.1, -0.05) is 31.0 Å². The van der Waals surface area contributed by atoms with Gasteiger partial charge in [0.25, 0.3) is 0 Å². The number of para-hydroxylation sites is 1. The lowest BCUT2D eigenvalue weighted by Crippen LogP contribution is -2.16. The molecule has 1 unspecified atom stereocenters. The van der Waals surface area contributed by atoms with Gasteiger partial charge >= 0.3 is 0 Å². The predicted molar refractivity (Wildman–Crippen MR) is 72.7 cm³/mol. The molecule has 3 rings (SSSR count). The molecule has 0 aliphatic heterocycles. The molecule has 1 saturated carbocycles. The number of rotatable bonds is 5. The highest BCUT2D eigenvalue weighted by molar-refractivity contribution is 5.31. The van der Waals surface area contributed by atoms with Crippen molar-refractivity contribution in [1.29, 1.82) is 0 Å². The van der Waals surface area contributed by atoms with E-state index < -0.39 is 0 Å². The van der Waals surface area contributed by atoms with Crippen LogP contribution in [0.4, 0.5) is 0 Å². The van der Waals surface area contributed by atoms with Gasteiger partial charge in [-0.3, -0.25) is 0 Å². The smallest absolute Gasteiger partial charge is 0.0645 e. The Labute approximate surface area is 108 Å². The summed E-state index contributed by atoms with van der Waals surface area (Å²) in [6, 6.07) is 10.7. The van der Waals surface area contributed by atoms with E-state index in [4.69, 9.17) is 0 Å². The van der Waals surface area contributed by atoms with Crippen LogP contribution in [0.3, 0.4) is 0 Å².